The van der Waals surface area contributed by atoms with Gasteiger partial charge in [0.15, 0.2) is 0 Å². The summed E-state index contributed by atoms with van der Waals surface area (Å²) in [6.07, 6.45) is 0. The molecule has 19 heavy (non-hydrogen) atoms. The van der Waals surface area contributed by atoms with Gasteiger partial charge in [-0.15, -0.1) is 0 Å². The molecular weight excluding hydrogens is 244 g/mol. The summed E-state index contributed by atoms with van der Waals surface area (Å²) in [6.45, 7) is 3.21. The summed E-state index contributed by atoms with van der Waals surface area (Å²) in [6, 6.07) is 9.18. The quantitative estimate of drug-likeness (QED) is 0.827. The summed E-state index contributed by atoms with van der Waals surface area (Å²) in [5.74, 6) is -2.80. The molecule has 0 radical (unpaired) electrons. The molecule has 2 rings (SSSR count). The van der Waals surface area contributed by atoms with E-state index in [1.807, 2.05) is 25.1 Å². The first-order valence-corrected chi connectivity index (χ1v) is 5.89. The molecule has 1 amide bonds. The van der Waals surface area contributed by atoms with Crippen molar-refractivity contribution >= 4 is 28.5 Å². The minimum absolute atomic E-state index is 0.527. The number of rotatable bonds is 3. The lowest BCUT2D eigenvalue weighted by Gasteiger charge is -2.10. The number of aryl methyl sites for hydroxylation is 1. The van der Waals surface area contributed by atoms with E-state index in [2.05, 4.69) is 10.3 Å². The first-order chi connectivity index (χ1) is 8.99. The Balaban J connectivity index is 2.38. The first kappa shape index (κ1) is 13.0. The van der Waals surface area contributed by atoms with Gasteiger partial charge in [-0.3, -0.25) is 14.6 Å². The van der Waals surface area contributed by atoms with E-state index in [0.717, 1.165) is 11.1 Å². The average molecular weight is 258 g/mol. The van der Waals surface area contributed by atoms with Crippen LogP contribution >= 0.6 is 0 Å². The zero-order valence-corrected chi connectivity index (χ0v) is 10.7. The number of aromatic nitrogens is 1. The lowest BCUT2D eigenvalue weighted by molar-refractivity contribution is -0.144. The Morgan fingerprint density at radius 1 is 1.26 bits per heavy atom. The van der Waals surface area contributed by atoms with Crippen molar-refractivity contribution in [2.24, 2.45) is 5.92 Å². The molecule has 1 unspecified atom stereocenters. The van der Waals surface area contributed by atoms with Crippen LogP contribution in [-0.2, 0) is 9.59 Å². The van der Waals surface area contributed by atoms with E-state index in [1.54, 1.807) is 12.1 Å². The molecule has 2 aromatic rings. The van der Waals surface area contributed by atoms with Gasteiger partial charge in [-0.1, -0.05) is 18.2 Å². The van der Waals surface area contributed by atoms with E-state index in [-0.39, 0.29) is 0 Å². The maximum Gasteiger partial charge on any atom is 0.315 e. The number of para-hydroxylation sites is 1. The van der Waals surface area contributed by atoms with Crippen LogP contribution in [0.4, 0.5) is 5.69 Å². The fraction of sp³-hybridized carbons (Fsp3) is 0.214. The Hall–Kier alpha value is -2.43. The second-order valence-corrected chi connectivity index (χ2v) is 4.38. The van der Waals surface area contributed by atoms with E-state index in [9.17, 15) is 9.59 Å². The van der Waals surface area contributed by atoms with Crippen molar-refractivity contribution in [3.8, 4) is 0 Å². The van der Waals surface area contributed by atoms with Gasteiger partial charge in [0.2, 0.25) is 5.91 Å². The molecule has 0 aliphatic carbocycles. The van der Waals surface area contributed by atoms with Crippen LogP contribution in [0, 0.1) is 12.8 Å². The zero-order valence-electron chi connectivity index (χ0n) is 10.7. The van der Waals surface area contributed by atoms with Gasteiger partial charge in [-0.2, -0.15) is 0 Å². The molecule has 1 heterocycles. The Kier molecular flexibility index (Phi) is 3.46. The number of anilines is 1. The highest BCUT2D eigenvalue weighted by molar-refractivity contribution is 6.07. The van der Waals surface area contributed by atoms with Crippen LogP contribution in [0.5, 0.6) is 0 Å². The van der Waals surface area contributed by atoms with Crippen LogP contribution in [0.25, 0.3) is 10.9 Å². The normalized spacial score (nSPS) is 12.1. The van der Waals surface area contributed by atoms with Crippen molar-refractivity contribution in [3.05, 3.63) is 36.0 Å². The van der Waals surface area contributed by atoms with Crippen molar-refractivity contribution in [2.45, 2.75) is 13.8 Å². The highest BCUT2D eigenvalue weighted by atomic mass is 16.4. The Morgan fingerprint density at radius 3 is 2.68 bits per heavy atom. The molecule has 0 bridgehead atoms. The molecule has 1 atom stereocenters. The molecular formula is C14H14N2O3. The van der Waals surface area contributed by atoms with Crippen LogP contribution in [0.3, 0.4) is 0 Å². The maximum absolute atomic E-state index is 11.8. The summed E-state index contributed by atoms with van der Waals surface area (Å²) in [7, 11) is 0. The molecule has 0 fully saturated rings. The predicted molar refractivity (Wildman–Crippen MR) is 71.9 cm³/mol. The second-order valence-electron chi connectivity index (χ2n) is 4.38. The third-order valence-corrected chi connectivity index (χ3v) is 2.88. The average Bonchev–Trinajstić information content (AvgIpc) is 2.38. The monoisotopic (exact) mass is 258 g/mol. The number of pyridine rings is 1. The third-order valence-electron chi connectivity index (χ3n) is 2.88. The minimum Gasteiger partial charge on any atom is -0.481 e. The van der Waals surface area contributed by atoms with Crippen molar-refractivity contribution in [1.82, 2.24) is 4.98 Å². The lowest BCUT2D eigenvalue weighted by Crippen LogP contribution is -2.27. The zero-order chi connectivity index (χ0) is 14.0. The number of carbonyl (C=O) groups excluding carboxylic acids is 1. The molecule has 98 valence electrons. The molecule has 5 nitrogen and oxygen atoms in total. The standard InChI is InChI=1S/C14H14N2O3/c1-8-6-7-10-4-3-5-11(12(10)15-8)16-13(17)9(2)14(18)19/h3-7,9H,1-2H3,(H,16,17)(H,18,19). The van der Waals surface area contributed by atoms with E-state index in [4.69, 9.17) is 5.11 Å². The van der Waals surface area contributed by atoms with Gasteiger partial charge in [-0.05, 0) is 26.0 Å². The smallest absolute Gasteiger partial charge is 0.315 e. The van der Waals surface area contributed by atoms with Crippen molar-refractivity contribution in [2.75, 3.05) is 5.32 Å². The van der Waals surface area contributed by atoms with E-state index < -0.39 is 17.8 Å². The molecule has 0 aliphatic rings. The number of carbonyl (C=O) groups is 2. The largest absolute Gasteiger partial charge is 0.481 e. The van der Waals surface area contributed by atoms with Crippen LogP contribution in [-0.4, -0.2) is 22.0 Å². The van der Waals surface area contributed by atoms with Gasteiger partial charge in [0.25, 0.3) is 0 Å². The highest BCUT2D eigenvalue weighted by Crippen LogP contribution is 2.22. The van der Waals surface area contributed by atoms with Crippen molar-refractivity contribution in [1.29, 1.82) is 0 Å². The maximum atomic E-state index is 11.8. The van der Waals surface area contributed by atoms with Gasteiger partial charge >= 0.3 is 5.97 Å². The molecule has 0 aliphatic heterocycles. The van der Waals surface area contributed by atoms with Crippen LogP contribution in [0.1, 0.15) is 12.6 Å². The fourth-order valence-electron chi connectivity index (χ4n) is 1.70. The lowest BCUT2D eigenvalue weighted by atomic mass is 10.1. The van der Waals surface area contributed by atoms with Crippen LogP contribution in [0.15, 0.2) is 30.3 Å². The molecule has 0 saturated heterocycles. The Labute approximate surface area is 110 Å². The highest BCUT2D eigenvalue weighted by Gasteiger charge is 2.21. The third kappa shape index (κ3) is 2.70. The number of benzene rings is 1. The summed E-state index contributed by atoms with van der Waals surface area (Å²) in [4.78, 5) is 26.9. The number of carboxylic acid groups (broad SMARTS) is 1. The Morgan fingerprint density at radius 2 is 2.00 bits per heavy atom. The molecule has 1 aromatic heterocycles. The van der Waals surface area contributed by atoms with E-state index >= 15 is 0 Å². The molecule has 0 spiro atoms. The second kappa shape index (κ2) is 5.06. The minimum atomic E-state index is -1.15. The van der Waals surface area contributed by atoms with Gasteiger partial charge in [0.05, 0.1) is 11.2 Å². The number of fused-ring (bicyclic) bond motifs is 1. The van der Waals surface area contributed by atoms with E-state index in [0.29, 0.717) is 11.2 Å². The first-order valence-electron chi connectivity index (χ1n) is 5.89. The molecule has 5 heteroatoms. The number of hydrogen-bond donors (Lipinski definition) is 2. The van der Waals surface area contributed by atoms with Crippen molar-refractivity contribution < 1.29 is 14.7 Å². The fourth-order valence-corrected chi connectivity index (χ4v) is 1.70. The van der Waals surface area contributed by atoms with Gasteiger partial charge in [0, 0.05) is 11.1 Å². The van der Waals surface area contributed by atoms with Crippen LogP contribution in [0.2, 0.25) is 0 Å². The van der Waals surface area contributed by atoms with E-state index in [1.165, 1.54) is 6.92 Å². The SMILES string of the molecule is Cc1ccc2cccc(NC(=O)C(C)C(=O)O)c2n1. The van der Waals surface area contributed by atoms with Gasteiger partial charge in [0.1, 0.15) is 5.92 Å². The summed E-state index contributed by atoms with van der Waals surface area (Å²) >= 11 is 0. The summed E-state index contributed by atoms with van der Waals surface area (Å²) in [5.41, 5.74) is 2.02. The number of amides is 1. The number of nitrogens with zero attached hydrogens (tertiary/aromatic N) is 1. The number of aliphatic carboxylic acids is 1. The summed E-state index contributed by atoms with van der Waals surface area (Å²) < 4.78 is 0. The van der Waals surface area contributed by atoms with Gasteiger partial charge in [-0.25, -0.2) is 0 Å². The van der Waals surface area contributed by atoms with Crippen LogP contribution < -0.4 is 5.32 Å². The molecule has 1 aromatic carbocycles. The number of carboxylic acids is 1. The number of nitrogens with one attached hydrogen (secondary N) is 1. The number of hydrogen-bond acceptors (Lipinski definition) is 3. The van der Waals surface area contributed by atoms with Gasteiger partial charge < -0.3 is 10.4 Å². The molecule has 2 N–H and O–H groups in total. The predicted octanol–water partition coefficient (Wildman–Crippen LogP) is 2.20. The molecule has 0 saturated carbocycles. The Bertz CT molecular complexity index is 652. The summed E-state index contributed by atoms with van der Waals surface area (Å²) in [5, 5.41) is 12.3. The topological polar surface area (TPSA) is 79.3 Å². The van der Waals surface area contributed by atoms with Crippen molar-refractivity contribution in [3.63, 3.8) is 0 Å².